The van der Waals surface area contributed by atoms with Crippen LogP contribution in [0.15, 0.2) is 42.7 Å². The van der Waals surface area contributed by atoms with E-state index in [1.807, 2.05) is 0 Å². The molecule has 0 aliphatic rings. The Labute approximate surface area is 120 Å². The lowest BCUT2D eigenvalue weighted by molar-refractivity contribution is 0.0697. The predicted octanol–water partition coefficient (Wildman–Crippen LogP) is 2.89. The second kappa shape index (κ2) is 6.77. The second-order valence-electron chi connectivity index (χ2n) is 3.87. The first-order valence-corrected chi connectivity index (χ1v) is 6.22. The Morgan fingerprint density at radius 2 is 1.75 bits per heavy atom. The summed E-state index contributed by atoms with van der Waals surface area (Å²) in [4.78, 5) is 14.6. The number of nitrogens with zero attached hydrogens (tertiary/aromatic N) is 1. The van der Waals surface area contributed by atoms with Gasteiger partial charge in [0.2, 0.25) is 0 Å². The summed E-state index contributed by atoms with van der Waals surface area (Å²) in [6.07, 6.45) is 3.09. The van der Waals surface area contributed by atoms with E-state index < -0.39 is 5.97 Å². The number of aromatic carboxylic acids is 1. The van der Waals surface area contributed by atoms with Crippen molar-refractivity contribution >= 4 is 17.6 Å². The van der Waals surface area contributed by atoms with Crippen LogP contribution < -0.4 is 9.47 Å². The summed E-state index contributed by atoms with van der Waals surface area (Å²) in [5.41, 5.74) is 0.221. The lowest BCUT2D eigenvalue weighted by Gasteiger charge is -2.08. The van der Waals surface area contributed by atoms with Crippen molar-refractivity contribution in [2.24, 2.45) is 0 Å². The molecule has 1 aromatic carbocycles. The summed E-state index contributed by atoms with van der Waals surface area (Å²) in [7, 11) is 0. The molecule has 20 heavy (non-hydrogen) atoms. The minimum atomic E-state index is -0.965. The number of carbonyl (C=O) groups is 1. The first-order valence-electron chi connectivity index (χ1n) is 5.84. The number of hydrogen-bond acceptors (Lipinski definition) is 4. The Bertz CT molecular complexity index is 586. The lowest BCUT2D eigenvalue weighted by atomic mass is 10.2. The van der Waals surface area contributed by atoms with Gasteiger partial charge in [0.15, 0.2) is 0 Å². The molecule has 0 radical (unpaired) electrons. The van der Waals surface area contributed by atoms with Gasteiger partial charge in [-0.15, -0.1) is 0 Å². The quantitative estimate of drug-likeness (QED) is 0.829. The van der Waals surface area contributed by atoms with Gasteiger partial charge in [0.1, 0.15) is 24.7 Å². The van der Waals surface area contributed by atoms with Crippen LogP contribution in [-0.2, 0) is 0 Å². The molecule has 0 amide bonds. The number of aromatic nitrogens is 1. The van der Waals surface area contributed by atoms with Gasteiger partial charge in [-0.3, -0.25) is 4.98 Å². The zero-order valence-corrected chi connectivity index (χ0v) is 11.2. The summed E-state index contributed by atoms with van der Waals surface area (Å²) in [5.74, 6) is 0.193. The predicted molar refractivity (Wildman–Crippen MR) is 73.6 cm³/mol. The van der Waals surface area contributed by atoms with E-state index in [0.717, 1.165) is 0 Å². The van der Waals surface area contributed by atoms with Gasteiger partial charge in [0.05, 0.1) is 16.8 Å². The van der Waals surface area contributed by atoms with Crippen LogP contribution in [0.4, 0.5) is 0 Å². The summed E-state index contributed by atoms with van der Waals surface area (Å²) >= 11 is 5.77. The van der Waals surface area contributed by atoms with Gasteiger partial charge in [-0.05, 0) is 24.3 Å². The van der Waals surface area contributed by atoms with Gasteiger partial charge in [0.25, 0.3) is 0 Å². The molecule has 0 saturated carbocycles. The Hall–Kier alpha value is -2.27. The SMILES string of the molecule is O=C(O)c1ccc(OCCOc2cncc(Cl)c2)cc1. The van der Waals surface area contributed by atoms with Crippen LogP contribution in [0.25, 0.3) is 0 Å². The molecule has 0 aliphatic heterocycles. The van der Waals surface area contributed by atoms with Crippen molar-refractivity contribution in [3.05, 3.63) is 53.3 Å². The molecule has 5 nitrogen and oxygen atoms in total. The molecule has 0 atom stereocenters. The van der Waals surface area contributed by atoms with Crippen LogP contribution in [-0.4, -0.2) is 29.3 Å². The highest BCUT2D eigenvalue weighted by Crippen LogP contribution is 2.15. The van der Waals surface area contributed by atoms with Crippen molar-refractivity contribution in [3.8, 4) is 11.5 Å². The molecule has 6 heteroatoms. The van der Waals surface area contributed by atoms with Crippen LogP contribution in [0, 0.1) is 0 Å². The van der Waals surface area contributed by atoms with Crippen molar-refractivity contribution < 1.29 is 19.4 Å². The summed E-state index contributed by atoms with van der Waals surface area (Å²) in [5, 5.41) is 9.27. The molecule has 0 fully saturated rings. The number of rotatable bonds is 6. The van der Waals surface area contributed by atoms with E-state index in [4.69, 9.17) is 26.2 Å². The van der Waals surface area contributed by atoms with Crippen molar-refractivity contribution in [3.63, 3.8) is 0 Å². The second-order valence-corrected chi connectivity index (χ2v) is 4.30. The minimum Gasteiger partial charge on any atom is -0.490 e. The van der Waals surface area contributed by atoms with E-state index in [0.29, 0.717) is 29.7 Å². The normalized spacial score (nSPS) is 10.1. The number of carboxylic acids is 1. The van der Waals surface area contributed by atoms with E-state index in [2.05, 4.69) is 4.98 Å². The topological polar surface area (TPSA) is 68.7 Å². The molecular weight excluding hydrogens is 282 g/mol. The summed E-state index contributed by atoms with van der Waals surface area (Å²) < 4.78 is 10.8. The Morgan fingerprint density at radius 3 is 2.35 bits per heavy atom. The zero-order chi connectivity index (χ0) is 14.4. The highest BCUT2D eigenvalue weighted by Gasteiger charge is 2.02. The number of ether oxygens (including phenoxy) is 2. The molecule has 1 heterocycles. The number of halogens is 1. The van der Waals surface area contributed by atoms with Gasteiger partial charge in [-0.1, -0.05) is 11.6 Å². The van der Waals surface area contributed by atoms with Crippen molar-refractivity contribution in [1.82, 2.24) is 4.98 Å². The maximum absolute atomic E-state index is 10.7. The van der Waals surface area contributed by atoms with E-state index in [-0.39, 0.29) is 5.56 Å². The highest BCUT2D eigenvalue weighted by molar-refractivity contribution is 6.30. The molecule has 0 saturated heterocycles. The zero-order valence-electron chi connectivity index (χ0n) is 10.5. The number of benzene rings is 1. The van der Waals surface area contributed by atoms with Crippen LogP contribution in [0.3, 0.4) is 0 Å². The molecule has 1 aromatic heterocycles. The fraction of sp³-hybridized carbons (Fsp3) is 0.143. The van der Waals surface area contributed by atoms with E-state index >= 15 is 0 Å². The third-order valence-electron chi connectivity index (χ3n) is 2.40. The molecule has 1 N–H and O–H groups in total. The monoisotopic (exact) mass is 293 g/mol. The van der Waals surface area contributed by atoms with E-state index in [1.54, 1.807) is 24.4 Å². The van der Waals surface area contributed by atoms with Crippen molar-refractivity contribution in [1.29, 1.82) is 0 Å². The number of hydrogen-bond donors (Lipinski definition) is 1. The fourth-order valence-electron chi connectivity index (χ4n) is 1.48. The van der Waals surface area contributed by atoms with E-state index in [1.165, 1.54) is 18.3 Å². The molecule has 0 spiro atoms. The maximum Gasteiger partial charge on any atom is 0.335 e. The summed E-state index contributed by atoms with van der Waals surface area (Å²) in [6, 6.07) is 7.84. The van der Waals surface area contributed by atoms with Crippen molar-refractivity contribution in [2.45, 2.75) is 0 Å². The van der Waals surface area contributed by atoms with Gasteiger partial charge in [-0.2, -0.15) is 0 Å². The molecular formula is C14H12ClNO4. The van der Waals surface area contributed by atoms with Gasteiger partial charge < -0.3 is 14.6 Å². The number of carboxylic acid groups (broad SMARTS) is 1. The van der Waals surface area contributed by atoms with Crippen LogP contribution in [0.1, 0.15) is 10.4 Å². The van der Waals surface area contributed by atoms with Crippen LogP contribution in [0.2, 0.25) is 5.02 Å². The molecule has 2 aromatic rings. The molecule has 0 aliphatic carbocycles. The van der Waals surface area contributed by atoms with Crippen molar-refractivity contribution in [2.75, 3.05) is 13.2 Å². The van der Waals surface area contributed by atoms with Gasteiger partial charge >= 0.3 is 5.97 Å². The smallest absolute Gasteiger partial charge is 0.335 e. The van der Waals surface area contributed by atoms with Crippen LogP contribution in [0.5, 0.6) is 11.5 Å². The third-order valence-corrected chi connectivity index (χ3v) is 2.61. The molecule has 0 unspecified atom stereocenters. The van der Waals surface area contributed by atoms with Gasteiger partial charge in [-0.25, -0.2) is 4.79 Å². The standard InChI is InChI=1S/C14H12ClNO4/c15-11-7-13(9-16-8-11)20-6-5-19-12-3-1-10(2-4-12)14(17)18/h1-4,7-9H,5-6H2,(H,17,18). The third kappa shape index (κ3) is 4.13. The molecule has 104 valence electrons. The Morgan fingerprint density at radius 1 is 1.10 bits per heavy atom. The summed E-state index contributed by atoms with van der Waals surface area (Å²) in [6.45, 7) is 0.668. The highest BCUT2D eigenvalue weighted by atomic mass is 35.5. The fourth-order valence-corrected chi connectivity index (χ4v) is 1.65. The first kappa shape index (κ1) is 14.1. The van der Waals surface area contributed by atoms with Gasteiger partial charge in [0, 0.05) is 12.3 Å². The minimum absolute atomic E-state index is 0.221. The van der Waals surface area contributed by atoms with Crippen LogP contribution >= 0.6 is 11.6 Å². The lowest BCUT2D eigenvalue weighted by Crippen LogP contribution is -2.09. The first-order chi connectivity index (χ1) is 9.65. The average Bonchev–Trinajstić information content (AvgIpc) is 2.44. The molecule has 0 bridgehead atoms. The molecule has 2 rings (SSSR count). The Kier molecular flexibility index (Phi) is 4.79. The van der Waals surface area contributed by atoms with E-state index in [9.17, 15) is 4.79 Å². The largest absolute Gasteiger partial charge is 0.490 e. The Balaban J connectivity index is 1.77. The maximum atomic E-state index is 10.7. The average molecular weight is 294 g/mol. The number of pyridine rings is 1.